The van der Waals surface area contributed by atoms with Gasteiger partial charge in [0.25, 0.3) is 0 Å². The summed E-state index contributed by atoms with van der Waals surface area (Å²) in [6, 6.07) is 3.70. The third-order valence-corrected chi connectivity index (χ3v) is 3.22. The number of thiocarbonyl (C=S) groups is 1. The number of pyridine rings is 1. The molecule has 0 amide bonds. The molecule has 1 atom stereocenters. The molecule has 0 saturated heterocycles. The van der Waals surface area contributed by atoms with Gasteiger partial charge in [-0.05, 0) is 19.1 Å². The largest absolute Gasteiger partial charge is 0.393 e. The van der Waals surface area contributed by atoms with E-state index in [2.05, 4.69) is 4.98 Å². The smallest absolute Gasteiger partial charge is 0.137 e. The number of fused-ring (bicyclic) bond motifs is 1. The first-order chi connectivity index (χ1) is 7.50. The molecular weight excluding hydrogens is 242 g/mol. The molecular formula is C11H12ClN3S. The normalized spacial score (nSPS) is 12.9. The van der Waals surface area contributed by atoms with Crippen molar-refractivity contribution < 1.29 is 0 Å². The van der Waals surface area contributed by atoms with Gasteiger partial charge in [0.15, 0.2) is 0 Å². The second-order valence-corrected chi connectivity index (χ2v) is 4.69. The summed E-state index contributed by atoms with van der Waals surface area (Å²) in [7, 11) is 0. The van der Waals surface area contributed by atoms with Crippen molar-refractivity contribution in [2.24, 2.45) is 5.73 Å². The molecule has 2 N–H and O–H groups in total. The highest BCUT2D eigenvalue weighted by Crippen LogP contribution is 2.23. The second-order valence-electron chi connectivity index (χ2n) is 3.78. The lowest BCUT2D eigenvalue weighted by Crippen LogP contribution is -2.18. The van der Waals surface area contributed by atoms with Crippen molar-refractivity contribution in [3.8, 4) is 0 Å². The van der Waals surface area contributed by atoms with Crippen molar-refractivity contribution >= 4 is 34.5 Å². The Morgan fingerprint density at radius 1 is 1.56 bits per heavy atom. The summed E-state index contributed by atoms with van der Waals surface area (Å²) in [5.41, 5.74) is 8.48. The van der Waals surface area contributed by atoms with Gasteiger partial charge in [-0.1, -0.05) is 30.7 Å². The molecule has 2 rings (SSSR count). The summed E-state index contributed by atoms with van der Waals surface area (Å²) >= 11 is 11.0. The average molecular weight is 254 g/mol. The molecule has 0 spiro atoms. The molecule has 0 saturated carbocycles. The van der Waals surface area contributed by atoms with E-state index in [1.54, 1.807) is 0 Å². The molecule has 0 fully saturated rings. The van der Waals surface area contributed by atoms with E-state index in [0.29, 0.717) is 10.0 Å². The Hall–Kier alpha value is -1.13. The fourth-order valence-corrected chi connectivity index (χ4v) is 2.08. The molecule has 0 aliphatic rings. The topological polar surface area (TPSA) is 43.3 Å². The van der Waals surface area contributed by atoms with Crippen molar-refractivity contribution in [2.45, 2.75) is 19.8 Å². The minimum atomic E-state index is -0.0107. The Morgan fingerprint density at radius 2 is 2.25 bits per heavy atom. The highest BCUT2D eigenvalue weighted by molar-refractivity contribution is 7.80. The van der Waals surface area contributed by atoms with Gasteiger partial charge in [0, 0.05) is 12.1 Å². The third kappa shape index (κ3) is 1.79. The number of halogens is 1. The molecule has 0 aliphatic heterocycles. The first kappa shape index (κ1) is 11.4. The SMILES string of the molecule is Cc1nc2ccc(Cl)cn2c1C(C)C(N)=S. The number of aromatic nitrogens is 2. The van der Waals surface area contributed by atoms with Gasteiger partial charge in [-0.3, -0.25) is 0 Å². The Morgan fingerprint density at radius 3 is 2.88 bits per heavy atom. The number of nitrogens with zero attached hydrogens (tertiary/aromatic N) is 2. The average Bonchev–Trinajstić information content (AvgIpc) is 2.52. The van der Waals surface area contributed by atoms with Gasteiger partial charge >= 0.3 is 0 Å². The van der Waals surface area contributed by atoms with Gasteiger partial charge in [0.05, 0.1) is 21.4 Å². The van der Waals surface area contributed by atoms with Crippen LogP contribution in [0, 0.1) is 6.92 Å². The maximum Gasteiger partial charge on any atom is 0.137 e. The van der Waals surface area contributed by atoms with Gasteiger partial charge in [-0.2, -0.15) is 0 Å². The maximum atomic E-state index is 5.97. The Kier molecular flexibility index (Phi) is 2.86. The fourth-order valence-electron chi connectivity index (χ4n) is 1.81. The van der Waals surface area contributed by atoms with Crippen LogP contribution < -0.4 is 5.73 Å². The van der Waals surface area contributed by atoms with E-state index in [1.165, 1.54) is 0 Å². The van der Waals surface area contributed by atoms with Crippen LogP contribution in [0.3, 0.4) is 0 Å². The zero-order chi connectivity index (χ0) is 11.9. The minimum Gasteiger partial charge on any atom is -0.393 e. The predicted molar refractivity (Wildman–Crippen MR) is 70.1 cm³/mol. The molecule has 2 heterocycles. The Bertz CT molecular complexity index is 562. The van der Waals surface area contributed by atoms with Gasteiger partial charge in [-0.25, -0.2) is 4.98 Å². The number of hydrogen-bond acceptors (Lipinski definition) is 2. The van der Waals surface area contributed by atoms with E-state index in [-0.39, 0.29) is 5.92 Å². The lowest BCUT2D eigenvalue weighted by atomic mass is 10.1. The van der Waals surface area contributed by atoms with Gasteiger partial charge in [0.2, 0.25) is 0 Å². The van der Waals surface area contributed by atoms with Crippen molar-refractivity contribution in [2.75, 3.05) is 0 Å². The fraction of sp³-hybridized carbons (Fsp3) is 0.273. The van der Waals surface area contributed by atoms with Crippen molar-refractivity contribution in [3.05, 3.63) is 34.7 Å². The van der Waals surface area contributed by atoms with Crippen molar-refractivity contribution in [3.63, 3.8) is 0 Å². The number of hydrogen-bond donors (Lipinski definition) is 1. The lowest BCUT2D eigenvalue weighted by molar-refractivity contribution is 0.913. The van der Waals surface area contributed by atoms with E-state index in [4.69, 9.17) is 29.6 Å². The Labute approximate surface area is 104 Å². The molecule has 0 aromatic carbocycles. The second kappa shape index (κ2) is 4.03. The van der Waals surface area contributed by atoms with Crippen LogP contribution in [-0.2, 0) is 0 Å². The third-order valence-electron chi connectivity index (χ3n) is 2.64. The first-order valence-electron chi connectivity index (χ1n) is 4.94. The summed E-state index contributed by atoms with van der Waals surface area (Å²) < 4.78 is 1.95. The van der Waals surface area contributed by atoms with Crippen LogP contribution >= 0.6 is 23.8 Å². The molecule has 84 valence electrons. The van der Waals surface area contributed by atoms with E-state index in [9.17, 15) is 0 Å². The van der Waals surface area contributed by atoms with Crippen LogP contribution in [0.1, 0.15) is 24.2 Å². The van der Waals surface area contributed by atoms with Crippen molar-refractivity contribution in [1.82, 2.24) is 9.38 Å². The van der Waals surface area contributed by atoms with Gasteiger partial charge in [0.1, 0.15) is 5.65 Å². The molecule has 0 bridgehead atoms. The predicted octanol–water partition coefficient (Wildman–Crippen LogP) is 2.69. The minimum absolute atomic E-state index is 0.0107. The molecule has 0 radical (unpaired) electrons. The van der Waals surface area contributed by atoms with E-state index in [0.717, 1.165) is 17.0 Å². The van der Waals surface area contributed by atoms with Crippen LogP contribution in [0.15, 0.2) is 18.3 Å². The zero-order valence-corrected chi connectivity index (χ0v) is 10.6. The summed E-state index contributed by atoms with van der Waals surface area (Å²) in [6.45, 7) is 3.92. The quantitative estimate of drug-likeness (QED) is 0.837. The van der Waals surface area contributed by atoms with Crippen LogP contribution in [0.5, 0.6) is 0 Å². The van der Waals surface area contributed by atoms with E-state index in [1.807, 2.05) is 36.6 Å². The molecule has 5 heteroatoms. The lowest BCUT2D eigenvalue weighted by Gasteiger charge is -2.10. The standard InChI is InChI=1S/C11H12ClN3S/c1-6(11(13)16)10-7(2)14-9-4-3-8(12)5-15(9)10/h3-6H,1-2H3,(H2,13,16). The van der Waals surface area contributed by atoms with Crippen LogP contribution in [-0.4, -0.2) is 14.4 Å². The first-order valence-corrected chi connectivity index (χ1v) is 5.72. The maximum absolute atomic E-state index is 5.97. The monoisotopic (exact) mass is 253 g/mol. The van der Waals surface area contributed by atoms with Crippen molar-refractivity contribution in [1.29, 1.82) is 0 Å². The number of aryl methyl sites for hydroxylation is 1. The highest BCUT2D eigenvalue weighted by Gasteiger charge is 2.17. The van der Waals surface area contributed by atoms with Crippen LogP contribution in [0.4, 0.5) is 0 Å². The number of imidazole rings is 1. The zero-order valence-electron chi connectivity index (χ0n) is 9.07. The summed E-state index contributed by atoms with van der Waals surface area (Å²) in [4.78, 5) is 4.91. The van der Waals surface area contributed by atoms with Crippen LogP contribution in [0.2, 0.25) is 5.02 Å². The Balaban J connectivity index is 2.72. The molecule has 1 unspecified atom stereocenters. The summed E-state index contributed by atoms with van der Waals surface area (Å²) in [6.07, 6.45) is 1.83. The molecule has 0 aliphatic carbocycles. The molecule has 3 nitrogen and oxygen atoms in total. The number of nitrogens with two attached hydrogens (primary N) is 1. The van der Waals surface area contributed by atoms with Crippen LogP contribution in [0.25, 0.3) is 5.65 Å². The molecule has 2 aromatic heterocycles. The summed E-state index contributed by atoms with van der Waals surface area (Å²) in [5.74, 6) is -0.0107. The van der Waals surface area contributed by atoms with E-state index >= 15 is 0 Å². The van der Waals surface area contributed by atoms with Gasteiger partial charge in [-0.15, -0.1) is 0 Å². The molecule has 16 heavy (non-hydrogen) atoms. The molecule has 2 aromatic rings. The summed E-state index contributed by atoms with van der Waals surface area (Å²) in [5, 5.41) is 0.668. The highest BCUT2D eigenvalue weighted by atomic mass is 35.5. The van der Waals surface area contributed by atoms with Gasteiger partial charge < -0.3 is 10.1 Å². The van der Waals surface area contributed by atoms with E-state index < -0.39 is 0 Å². The number of rotatable bonds is 2.